The fourth-order valence-electron chi connectivity index (χ4n) is 3.14. The predicted octanol–water partition coefficient (Wildman–Crippen LogP) is 0.770. The van der Waals surface area contributed by atoms with E-state index in [9.17, 15) is 18.0 Å². The van der Waals surface area contributed by atoms with Gasteiger partial charge in [-0.1, -0.05) is 44.2 Å². The number of hydrogen-bond acceptors (Lipinski definition) is 5. The van der Waals surface area contributed by atoms with Gasteiger partial charge in [-0.15, -0.1) is 0 Å². The number of aryl methyl sites for hydroxylation is 1. The van der Waals surface area contributed by atoms with Crippen molar-refractivity contribution >= 4 is 32.6 Å². The van der Waals surface area contributed by atoms with Gasteiger partial charge in [-0.05, 0) is 42.8 Å². The maximum Gasteiger partial charge on any atom is 0.241 e. The second-order valence-corrected chi connectivity index (χ2v) is 8.99. The van der Waals surface area contributed by atoms with Crippen molar-refractivity contribution in [1.29, 1.82) is 0 Å². The number of rotatable bonds is 9. The molecule has 0 aliphatic rings. The Morgan fingerprint density at radius 1 is 1.07 bits per heavy atom. The van der Waals surface area contributed by atoms with Crippen LogP contribution in [0.5, 0.6) is 0 Å². The van der Waals surface area contributed by atoms with Gasteiger partial charge in [-0.25, -0.2) is 8.42 Å². The Hall–Kier alpha value is -2.49. The van der Waals surface area contributed by atoms with E-state index in [-0.39, 0.29) is 23.8 Å². The largest absolute Gasteiger partial charge is 0.368 e. The third kappa shape index (κ3) is 5.31. The SMILES string of the molecule is Cc1ccc(S(=O)(=O)NC(CCN)C(=O)N[C@H](C(N)=O)C(C)C)c2ccccc12. The lowest BCUT2D eigenvalue weighted by Crippen LogP contribution is -2.55. The lowest BCUT2D eigenvalue weighted by molar-refractivity contribution is -0.129. The topological polar surface area (TPSA) is 144 Å². The summed E-state index contributed by atoms with van der Waals surface area (Å²) >= 11 is 0. The van der Waals surface area contributed by atoms with Crippen molar-refractivity contribution in [3.63, 3.8) is 0 Å². The van der Waals surface area contributed by atoms with E-state index < -0.39 is 33.9 Å². The number of fused-ring (bicyclic) bond motifs is 1. The molecule has 2 atom stereocenters. The maximum absolute atomic E-state index is 13.1. The van der Waals surface area contributed by atoms with Crippen molar-refractivity contribution in [2.75, 3.05) is 6.54 Å². The Morgan fingerprint density at radius 2 is 1.69 bits per heavy atom. The molecule has 0 heterocycles. The molecular weight excluding hydrogens is 392 g/mol. The summed E-state index contributed by atoms with van der Waals surface area (Å²) in [5, 5.41) is 3.89. The highest BCUT2D eigenvalue weighted by Gasteiger charge is 2.30. The summed E-state index contributed by atoms with van der Waals surface area (Å²) in [6, 6.07) is 8.34. The van der Waals surface area contributed by atoms with Gasteiger partial charge in [0.25, 0.3) is 0 Å². The van der Waals surface area contributed by atoms with Crippen molar-refractivity contribution < 1.29 is 18.0 Å². The number of sulfonamides is 1. The van der Waals surface area contributed by atoms with Crippen LogP contribution in [0.2, 0.25) is 0 Å². The monoisotopic (exact) mass is 420 g/mol. The molecule has 1 unspecified atom stereocenters. The van der Waals surface area contributed by atoms with E-state index in [4.69, 9.17) is 11.5 Å². The van der Waals surface area contributed by atoms with Gasteiger partial charge in [-0.2, -0.15) is 4.72 Å². The molecule has 0 saturated carbocycles. The first kappa shape index (κ1) is 22.8. The summed E-state index contributed by atoms with van der Waals surface area (Å²) in [6.45, 7) is 5.44. The smallest absolute Gasteiger partial charge is 0.241 e. The zero-order valence-electron chi connectivity index (χ0n) is 16.8. The number of benzene rings is 2. The highest BCUT2D eigenvalue weighted by Crippen LogP contribution is 2.26. The van der Waals surface area contributed by atoms with Crippen LogP contribution in [0.1, 0.15) is 25.8 Å². The minimum absolute atomic E-state index is 0.0679. The van der Waals surface area contributed by atoms with Gasteiger partial charge in [-0.3, -0.25) is 9.59 Å². The molecule has 0 aromatic heterocycles. The zero-order chi connectivity index (χ0) is 21.8. The van der Waals surface area contributed by atoms with E-state index in [1.165, 1.54) is 6.07 Å². The van der Waals surface area contributed by atoms with E-state index in [0.717, 1.165) is 10.9 Å². The molecule has 2 aromatic rings. The molecule has 158 valence electrons. The first-order chi connectivity index (χ1) is 13.6. The average Bonchev–Trinajstić information content (AvgIpc) is 2.65. The number of carbonyl (C=O) groups excluding carboxylic acids is 2. The summed E-state index contributed by atoms with van der Waals surface area (Å²) in [5.74, 6) is -1.58. The first-order valence-corrected chi connectivity index (χ1v) is 10.9. The van der Waals surface area contributed by atoms with Gasteiger partial charge in [0.15, 0.2) is 0 Å². The van der Waals surface area contributed by atoms with E-state index >= 15 is 0 Å². The molecule has 0 aliphatic carbocycles. The van der Waals surface area contributed by atoms with Crippen LogP contribution in [0.4, 0.5) is 0 Å². The van der Waals surface area contributed by atoms with E-state index in [1.54, 1.807) is 32.0 Å². The van der Waals surface area contributed by atoms with Crippen LogP contribution in [0.15, 0.2) is 41.3 Å². The van der Waals surface area contributed by atoms with Crippen molar-refractivity contribution in [1.82, 2.24) is 10.0 Å². The Kier molecular flexibility index (Phi) is 7.34. The number of nitrogens with two attached hydrogens (primary N) is 2. The molecule has 2 amide bonds. The molecule has 0 radical (unpaired) electrons. The molecule has 0 fully saturated rings. The summed E-state index contributed by atoms with van der Waals surface area (Å²) in [4.78, 5) is 24.3. The molecule has 0 bridgehead atoms. The summed E-state index contributed by atoms with van der Waals surface area (Å²) in [6.07, 6.45) is 0.0679. The Labute approximate surface area is 171 Å². The second-order valence-electron chi connectivity index (χ2n) is 7.31. The van der Waals surface area contributed by atoms with Gasteiger partial charge in [0.05, 0.1) is 4.90 Å². The van der Waals surface area contributed by atoms with Gasteiger partial charge in [0.2, 0.25) is 21.8 Å². The number of amides is 2. The predicted molar refractivity (Wildman–Crippen MR) is 112 cm³/mol. The van der Waals surface area contributed by atoms with Crippen LogP contribution in [0.3, 0.4) is 0 Å². The molecule has 0 spiro atoms. The normalized spacial score (nSPS) is 14.0. The first-order valence-electron chi connectivity index (χ1n) is 9.39. The lowest BCUT2D eigenvalue weighted by Gasteiger charge is -2.23. The van der Waals surface area contributed by atoms with E-state index in [0.29, 0.717) is 5.39 Å². The fourth-order valence-corrected chi connectivity index (χ4v) is 4.58. The van der Waals surface area contributed by atoms with Crippen LogP contribution in [-0.2, 0) is 19.6 Å². The molecule has 6 N–H and O–H groups in total. The molecule has 2 aromatic carbocycles. The number of hydrogen-bond donors (Lipinski definition) is 4. The van der Waals surface area contributed by atoms with Crippen molar-refractivity contribution in [3.05, 3.63) is 42.0 Å². The Balaban J connectivity index is 2.36. The summed E-state index contributed by atoms with van der Waals surface area (Å²) in [7, 11) is -4.03. The van der Waals surface area contributed by atoms with Crippen LogP contribution in [-0.4, -0.2) is 38.9 Å². The van der Waals surface area contributed by atoms with Crippen LogP contribution in [0, 0.1) is 12.8 Å². The Morgan fingerprint density at radius 3 is 2.24 bits per heavy atom. The molecule has 29 heavy (non-hydrogen) atoms. The zero-order valence-corrected chi connectivity index (χ0v) is 17.6. The van der Waals surface area contributed by atoms with Crippen LogP contribution < -0.4 is 21.5 Å². The van der Waals surface area contributed by atoms with Gasteiger partial charge in [0.1, 0.15) is 12.1 Å². The minimum Gasteiger partial charge on any atom is -0.368 e. The quantitative estimate of drug-likeness (QED) is 0.473. The molecule has 0 aliphatic heterocycles. The van der Waals surface area contributed by atoms with Gasteiger partial charge < -0.3 is 16.8 Å². The highest BCUT2D eigenvalue weighted by molar-refractivity contribution is 7.89. The van der Waals surface area contributed by atoms with Gasteiger partial charge in [0, 0.05) is 5.39 Å². The second kappa shape index (κ2) is 9.34. The average molecular weight is 421 g/mol. The molecule has 0 saturated heterocycles. The van der Waals surface area contributed by atoms with Gasteiger partial charge >= 0.3 is 0 Å². The van der Waals surface area contributed by atoms with Crippen molar-refractivity contribution in [3.8, 4) is 0 Å². The number of carbonyl (C=O) groups is 2. The Bertz CT molecular complexity index is 1000. The molecule has 8 nitrogen and oxygen atoms in total. The fraction of sp³-hybridized carbons (Fsp3) is 0.400. The number of nitrogens with one attached hydrogen (secondary N) is 2. The minimum atomic E-state index is -4.03. The number of primary amides is 1. The standard InChI is InChI=1S/C20H28N4O4S/c1-12(2)18(19(22)25)23-20(26)16(10-11-21)24-29(27,28)17-9-8-13(3)14-6-4-5-7-15(14)17/h4-9,12,16,18,24H,10-11,21H2,1-3H3,(H2,22,25)(H,23,26)/t16?,18-/m0/s1. The van der Waals surface area contributed by atoms with Crippen LogP contribution >= 0.6 is 0 Å². The molecular formula is C20H28N4O4S. The summed E-state index contributed by atoms with van der Waals surface area (Å²) in [5.41, 5.74) is 11.9. The molecule has 2 rings (SSSR count). The van der Waals surface area contributed by atoms with Crippen molar-refractivity contribution in [2.45, 2.75) is 44.2 Å². The van der Waals surface area contributed by atoms with Crippen molar-refractivity contribution in [2.24, 2.45) is 17.4 Å². The highest BCUT2D eigenvalue weighted by atomic mass is 32.2. The molecule has 9 heteroatoms. The van der Waals surface area contributed by atoms with E-state index in [1.807, 2.05) is 19.1 Å². The third-order valence-electron chi connectivity index (χ3n) is 4.73. The lowest BCUT2D eigenvalue weighted by atomic mass is 10.0. The van der Waals surface area contributed by atoms with Crippen LogP contribution in [0.25, 0.3) is 10.8 Å². The summed E-state index contributed by atoms with van der Waals surface area (Å²) < 4.78 is 28.6. The van der Waals surface area contributed by atoms with E-state index in [2.05, 4.69) is 10.0 Å². The maximum atomic E-state index is 13.1. The third-order valence-corrected chi connectivity index (χ3v) is 6.26.